The lowest BCUT2D eigenvalue weighted by Crippen LogP contribution is -2.54. The number of ether oxygens (including phenoxy) is 2. The van der Waals surface area contributed by atoms with Crippen molar-refractivity contribution in [1.82, 2.24) is 9.80 Å². The smallest absolute Gasteiger partial charge is 0.308 e. The van der Waals surface area contributed by atoms with Crippen molar-refractivity contribution in [2.45, 2.75) is 25.6 Å². The molecule has 1 rings (SSSR count). The van der Waals surface area contributed by atoms with Gasteiger partial charge < -0.3 is 14.6 Å². The minimum absolute atomic E-state index is 0.104. The highest BCUT2D eigenvalue weighted by Gasteiger charge is 2.28. The van der Waals surface area contributed by atoms with Crippen LogP contribution in [0.5, 0.6) is 0 Å². The fourth-order valence-electron chi connectivity index (χ4n) is 2.23. The first-order chi connectivity index (χ1) is 9.58. The molecule has 1 aliphatic heterocycles. The van der Waals surface area contributed by atoms with Gasteiger partial charge in [0.1, 0.15) is 6.61 Å². The Morgan fingerprint density at radius 1 is 1.20 bits per heavy atom. The quantitative estimate of drug-likeness (QED) is 0.547. The summed E-state index contributed by atoms with van der Waals surface area (Å²) in [6.07, 6.45) is -0.962. The molecule has 8 nitrogen and oxygen atoms in total. The van der Waals surface area contributed by atoms with E-state index in [1.54, 1.807) is 0 Å². The van der Waals surface area contributed by atoms with Crippen LogP contribution in [-0.2, 0) is 23.9 Å². The molecule has 1 aliphatic rings. The molecule has 20 heavy (non-hydrogen) atoms. The van der Waals surface area contributed by atoms with Crippen LogP contribution >= 0.6 is 0 Å². The van der Waals surface area contributed by atoms with Crippen LogP contribution in [0.2, 0.25) is 0 Å². The van der Waals surface area contributed by atoms with Crippen LogP contribution in [-0.4, -0.2) is 78.9 Å². The van der Waals surface area contributed by atoms with Crippen LogP contribution in [0.1, 0.15) is 13.3 Å². The van der Waals surface area contributed by atoms with Gasteiger partial charge in [0.2, 0.25) is 0 Å². The summed E-state index contributed by atoms with van der Waals surface area (Å²) < 4.78 is 9.56. The first kappa shape index (κ1) is 16.4. The van der Waals surface area contributed by atoms with E-state index in [1.807, 2.05) is 11.8 Å². The van der Waals surface area contributed by atoms with Crippen molar-refractivity contribution in [2.75, 3.05) is 32.8 Å². The molecule has 0 aromatic carbocycles. The van der Waals surface area contributed by atoms with Crippen molar-refractivity contribution in [3.05, 3.63) is 0 Å². The fraction of sp³-hybridized carbons (Fsp3) is 0.750. The van der Waals surface area contributed by atoms with E-state index in [-0.39, 0.29) is 18.9 Å². The van der Waals surface area contributed by atoms with E-state index in [2.05, 4.69) is 4.90 Å². The molecule has 0 aromatic heterocycles. The average molecular weight is 288 g/mol. The Morgan fingerprint density at radius 3 is 2.30 bits per heavy atom. The zero-order valence-electron chi connectivity index (χ0n) is 11.4. The summed E-state index contributed by atoms with van der Waals surface area (Å²) in [6.45, 7) is 5.56. The summed E-state index contributed by atoms with van der Waals surface area (Å²) in [4.78, 5) is 35.3. The molecular formula is C12H20N2O6. The third-order valence-electron chi connectivity index (χ3n) is 3.35. The van der Waals surface area contributed by atoms with Crippen molar-refractivity contribution < 1.29 is 29.0 Å². The summed E-state index contributed by atoms with van der Waals surface area (Å²) in [5.41, 5.74) is 0. The van der Waals surface area contributed by atoms with E-state index in [1.165, 1.54) is 0 Å². The Balaban J connectivity index is 2.44. The van der Waals surface area contributed by atoms with Gasteiger partial charge in [0.05, 0.1) is 6.42 Å². The van der Waals surface area contributed by atoms with Gasteiger partial charge in [-0.2, -0.15) is 0 Å². The van der Waals surface area contributed by atoms with E-state index in [4.69, 9.17) is 14.6 Å². The topological polar surface area (TPSA) is 96.4 Å². The molecule has 2 unspecified atom stereocenters. The van der Waals surface area contributed by atoms with Crippen LogP contribution in [0, 0.1) is 0 Å². The van der Waals surface area contributed by atoms with Crippen LogP contribution in [0.4, 0.5) is 0 Å². The van der Waals surface area contributed by atoms with Gasteiger partial charge in [0.15, 0.2) is 6.23 Å². The SMILES string of the molecule is CC(COC=O)N1CCN(C(CC(=O)O)OC=O)CC1. The molecule has 1 N–H and O–H groups in total. The normalized spacial score (nSPS) is 19.9. The molecule has 0 radical (unpaired) electrons. The fourth-order valence-corrected chi connectivity index (χ4v) is 2.23. The molecular weight excluding hydrogens is 268 g/mol. The van der Waals surface area contributed by atoms with E-state index in [0.29, 0.717) is 39.3 Å². The molecule has 2 atom stereocenters. The maximum atomic E-state index is 10.7. The highest BCUT2D eigenvalue weighted by molar-refractivity contribution is 5.67. The number of hydrogen-bond donors (Lipinski definition) is 1. The number of aliphatic carboxylic acids is 1. The summed E-state index contributed by atoms with van der Waals surface area (Å²) in [6, 6.07) is 0.104. The number of carboxylic acid groups (broad SMARTS) is 1. The summed E-state index contributed by atoms with van der Waals surface area (Å²) >= 11 is 0. The third-order valence-corrected chi connectivity index (χ3v) is 3.35. The standard InChI is InChI=1S/C12H20N2O6/c1-10(7-19-8-15)13-2-4-14(5-3-13)11(20-9-16)6-12(17)18/h8-11H,2-7H2,1H3,(H,17,18). The molecule has 0 aromatic rings. The summed E-state index contributed by atoms with van der Waals surface area (Å²) in [5, 5.41) is 8.80. The molecule has 1 heterocycles. The molecule has 8 heteroatoms. The maximum absolute atomic E-state index is 10.7. The first-order valence-corrected chi connectivity index (χ1v) is 6.42. The molecule has 1 fully saturated rings. The molecule has 0 spiro atoms. The van der Waals surface area contributed by atoms with Gasteiger partial charge in [0.25, 0.3) is 12.9 Å². The summed E-state index contributed by atoms with van der Waals surface area (Å²) in [7, 11) is 0. The average Bonchev–Trinajstić information content (AvgIpc) is 2.44. The van der Waals surface area contributed by atoms with Crippen molar-refractivity contribution in [3.63, 3.8) is 0 Å². The number of carbonyl (C=O) groups excluding carboxylic acids is 2. The highest BCUT2D eigenvalue weighted by atomic mass is 16.5. The lowest BCUT2D eigenvalue weighted by atomic mass is 10.2. The predicted octanol–water partition coefficient (Wildman–Crippen LogP) is -0.861. The number of carboxylic acids is 1. The number of piperazine rings is 1. The second-order valence-electron chi connectivity index (χ2n) is 4.64. The zero-order chi connectivity index (χ0) is 15.0. The minimum Gasteiger partial charge on any atom is -0.481 e. The number of nitrogens with zero attached hydrogens (tertiary/aromatic N) is 2. The lowest BCUT2D eigenvalue weighted by Gasteiger charge is -2.39. The van der Waals surface area contributed by atoms with Gasteiger partial charge in [-0.1, -0.05) is 0 Å². The van der Waals surface area contributed by atoms with Gasteiger partial charge in [0, 0.05) is 32.2 Å². The predicted molar refractivity (Wildman–Crippen MR) is 67.8 cm³/mol. The molecule has 0 bridgehead atoms. The Hall–Kier alpha value is -1.67. The van der Waals surface area contributed by atoms with Crippen LogP contribution in [0.25, 0.3) is 0 Å². The highest BCUT2D eigenvalue weighted by Crippen LogP contribution is 2.12. The minimum atomic E-state index is -1.01. The van der Waals surface area contributed by atoms with Gasteiger partial charge in [-0.05, 0) is 6.92 Å². The monoisotopic (exact) mass is 288 g/mol. The molecule has 0 aliphatic carbocycles. The Morgan fingerprint density at radius 2 is 1.80 bits per heavy atom. The lowest BCUT2D eigenvalue weighted by molar-refractivity contribution is -0.155. The largest absolute Gasteiger partial charge is 0.481 e. The van der Waals surface area contributed by atoms with Crippen molar-refractivity contribution >= 4 is 18.9 Å². The van der Waals surface area contributed by atoms with E-state index < -0.39 is 12.2 Å². The van der Waals surface area contributed by atoms with Crippen LogP contribution < -0.4 is 0 Å². The van der Waals surface area contributed by atoms with E-state index >= 15 is 0 Å². The first-order valence-electron chi connectivity index (χ1n) is 6.42. The molecule has 114 valence electrons. The Labute approximate surface area is 117 Å². The van der Waals surface area contributed by atoms with Crippen LogP contribution in [0.15, 0.2) is 0 Å². The molecule has 0 amide bonds. The number of carbonyl (C=O) groups is 3. The van der Waals surface area contributed by atoms with Crippen molar-refractivity contribution in [1.29, 1.82) is 0 Å². The van der Waals surface area contributed by atoms with Crippen molar-refractivity contribution in [3.8, 4) is 0 Å². The maximum Gasteiger partial charge on any atom is 0.308 e. The second-order valence-corrected chi connectivity index (χ2v) is 4.64. The van der Waals surface area contributed by atoms with E-state index in [9.17, 15) is 14.4 Å². The second kappa shape index (κ2) is 8.49. The number of hydrogen-bond acceptors (Lipinski definition) is 7. The Bertz CT molecular complexity index is 330. The van der Waals surface area contributed by atoms with Gasteiger partial charge in [-0.25, -0.2) is 0 Å². The summed E-state index contributed by atoms with van der Waals surface area (Å²) in [5.74, 6) is -1.01. The van der Waals surface area contributed by atoms with Gasteiger partial charge >= 0.3 is 5.97 Å². The van der Waals surface area contributed by atoms with Crippen LogP contribution in [0.3, 0.4) is 0 Å². The Kier molecular flexibility index (Phi) is 6.96. The molecule has 0 saturated carbocycles. The van der Waals surface area contributed by atoms with Gasteiger partial charge in [-0.15, -0.1) is 0 Å². The van der Waals surface area contributed by atoms with Gasteiger partial charge in [-0.3, -0.25) is 24.2 Å². The zero-order valence-corrected chi connectivity index (χ0v) is 11.4. The number of rotatable bonds is 9. The third kappa shape index (κ3) is 5.14. The van der Waals surface area contributed by atoms with E-state index in [0.717, 1.165) is 0 Å². The van der Waals surface area contributed by atoms with Crippen molar-refractivity contribution in [2.24, 2.45) is 0 Å². The molecule has 1 saturated heterocycles.